The third-order valence-electron chi connectivity index (χ3n) is 4.38. The van der Waals surface area contributed by atoms with E-state index in [0.717, 1.165) is 23.1 Å². The van der Waals surface area contributed by atoms with Gasteiger partial charge >= 0.3 is 0 Å². The summed E-state index contributed by atoms with van der Waals surface area (Å²) >= 11 is 6.02. The van der Waals surface area contributed by atoms with Gasteiger partial charge in [0.05, 0.1) is 18.5 Å². The van der Waals surface area contributed by atoms with E-state index in [1.54, 1.807) is 18.2 Å². The van der Waals surface area contributed by atoms with Gasteiger partial charge in [-0.05, 0) is 49.6 Å². The highest BCUT2D eigenvalue weighted by Crippen LogP contribution is 2.26. The Kier molecular flexibility index (Phi) is 8.34. The number of amides is 1. The summed E-state index contributed by atoms with van der Waals surface area (Å²) in [6.45, 7) is 4.74. The highest BCUT2D eigenvalue weighted by molar-refractivity contribution is 7.92. The number of sulfonamides is 1. The summed E-state index contributed by atoms with van der Waals surface area (Å²) in [7, 11) is -3.49. The number of carbonyl (C=O) groups is 1. The second kappa shape index (κ2) is 10.5. The van der Waals surface area contributed by atoms with E-state index < -0.39 is 10.0 Å². The lowest BCUT2D eigenvalue weighted by molar-refractivity contribution is -0.121. The van der Waals surface area contributed by atoms with Gasteiger partial charge in [0.25, 0.3) is 0 Å². The van der Waals surface area contributed by atoms with Gasteiger partial charge in [-0.3, -0.25) is 9.10 Å². The second-order valence-electron chi connectivity index (χ2n) is 6.83. The first-order valence-corrected chi connectivity index (χ1v) is 11.6. The highest BCUT2D eigenvalue weighted by atomic mass is 35.5. The summed E-state index contributed by atoms with van der Waals surface area (Å²) in [5, 5.41) is 3.26. The largest absolute Gasteiger partial charge is 0.491 e. The van der Waals surface area contributed by atoms with Crippen molar-refractivity contribution in [3.8, 4) is 5.75 Å². The Bertz CT molecular complexity index is 947. The van der Waals surface area contributed by atoms with E-state index in [1.807, 2.05) is 38.1 Å². The maximum Gasteiger partial charge on any atom is 0.232 e. The van der Waals surface area contributed by atoms with E-state index in [-0.39, 0.29) is 18.9 Å². The van der Waals surface area contributed by atoms with Crippen LogP contribution in [-0.2, 0) is 14.8 Å². The topological polar surface area (TPSA) is 75.7 Å². The molecule has 2 aromatic carbocycles. The molecule has 6 nitrogen and oxygen atoms in total. The van der Waals surface area contributed by atoms with E-state index in [9.17, 15) is 13.2 Å². The predicted octanol–water partition coefficient (Wildman–Crippen LogP) is 3.70. The van der Waals surface area contributed by atoms with Crippen molar-refractivity contribution in [1.82, 2.24) is 5.32 Å². The van der Waals surface area contributed by atoms with Gasteiger partial charge < -0.3 is 10.1 Å². The minimum Gasteiger partial charge on any atom is -0.491 e. The van der Waals surface area contributed by atoms with Crippen LogP contribution in [0.2, 0.25) is 5.02 Å². The van der Waals surface area contributed by atoms with Crippen LogP contribution in [0.5, 0.6) is 5.75 Å². The third kappa shape index (κ3) is 7.25. The van der Waals surface area contributed by atoms with Crippen molar-refractivity contribution in [2.45, 2.75) is 26.7 Å². The van der Waals surface area contributed by atoms with Crippen LogP contribution < -0.4 is 14.4 Å². The molecule has 29 heavy (non-hydrogen) atoms. The van der Waals surface area contributed by atoms with Gasteiger partial charge in [-0.15, -0.1) is 0 Å². The minimum absolute atomic E-state index is 0.144. The number of nitrogens with one attached hydrogen (secondary N) is 1. The van der Waals surface area contributed by atoms with Crippen LogP contribution >= 0.6 is 11.6 Å². The van der Waals surface area contributed by atoms with Crippen LogP contribution in [-0.4, -0.2) is 40.3 Å². The molecule has 0 unspecified atom stereocenters. The SMILES string of the molecule is Cc1ccccc1OCCNC(=O)CCCN(c1cc(Cl)ccc1C)S(C)(=O)=O. The van der Waals surface area contributed by atoms with Gasteiger partial charge in [0.1, 0.15) is 12.4 Å². The standard InChI is InChI=1S/C21H27ClN2O4S/c1-16-10-11-18(22)15-19(16)24(29(3,26)27)13-6-9-21(25)23-12-14-28-20-8-5-4-7-17(20)2/h4-5,7-8,10-11,15H,6,9,12-14H2,1-3H3,(H,23,25). The Morgan fingerprint density at radius 1 is 1.14 bits per heavy atom. The monoisotopic (exact) mass is 438 g/mol. The lowest BCUT2D eigenvalue weighted by Gasteiger charge is -2.24. The molecule has 0 aliphatic rings. The number of benzene rings is 2. The number of carbonyl (C=O) groups excluding carboxylic acids is 1. The van der Waals surface area contributed by atoms with Gasteiger partial charge in [0.15, 0.2) is 0 Å². The smallest absolute Gasteiger partial charge is 0.232 e. The molecule has 0 aliphatic heterocycles. The molecule has 0 aliphatic carbocycles. The van der Waals surface area contributed by atoms with Crippen molar-refractivity contribution in [3.05, 3.63) is 58.6 Å². The third-order valence-corrected chi connectivity index (χ3v) is 5.80. The molecule has 0 heterocycles. The number of anilines is 1. The van der Waals surface area contributed by atoms with Gasteiger partial charge in [-0.25, -0.2) is 8.42 Å². The molecule has 2 rings (SSSR count). The Balaban J connectivity index is 1.81. The van der Waals surface area contributed by atoms with Crippen LogP contribution in [0.3, 0.4) is 0 Å². The summed E-state index contributed by atoms with van der Waals surface area (Å²) < 4.78 is 31.4. The second-order valence-corrected chi connectivity index (χ2v) is 9.18. The molecule has 0 bridgehead atoms. The number of rotatable bonds is 10. The Morgan fingerprint density at radius 3 is 2.55 bits per heavy atom. The van der Waals surface area contributed by atoms with Crippen molar-refractivity contribution in [3.63, 3.8) is 0 Å². The number of halogens is 1. The molecule has 2 aromatic rings. The Morgan fingerprint density at radius 2 is 1.86 bits per heavy atom. The average molecular weight is 439 g/mol. The van der Waals surface area contributed by atoms with Crippen LogP contribution in [0.25, 0.3) is 0 Å². The van der Waals surface area contributed by atoms with Gasteiger partial charge in [0, 0.05) is 18.0 Å². The maximum atomic E-state index is 12.2. The molecule has 8 heteroatoms. The van der Waals surface area contributed by atoms with E-state index in [2.05, 4.69) is 5.32 Å². The van der Waals surface area contributed by atoms with Gasteiger partial charge in [-0.2, -0.15) is 0 Å². The van der Waals surface area contributed by atoms with Gasteiger partial charge in [0.2, 0.25) is 15.9 Å². The van der Waals surface area contributed by atoms with Crippen molar-refractivity contribution in [2.75, 3.05) is 30.3 Å². The normalized spacial score (nSPS) is 11.2. The van der Waals surface area contributed by atoms with Crippen molar-refractivity contribution in [2.24, 2.45) is 0 Å². The number of ether oxygens (including phenoxy) is 1. The molecule has 0 spiro atoms. The molecule has 158 valence electrons. The van der Waals surface area contributed by atoms with E-state index >= 15 is 0 Å². The molecule has 0 saturated heterocycles. The summed E-state index contributed by atoms with van der Waals surface area (Å²) in [6, 6.07) is 12.8. The number of hydrogen-bond acceptors (Lipinski definition) is 4. The van der Waals surface area contributed by atoms with Crippen LogP contribution in [0.1, 0.15) is 24.0 Å². The first-order chi connectivity index (χ1) is 13.7. The molecule has 1 N–H and O–H groups in total. The molecular formula is C21H27ClN2O4S. The number of hydrogen-bond donors (Lipinski definition) is 1. The molecule has 1 amide bonds. The zero-order valence-electron chi connectivity index (χ0n) is 16.9. The van der Waals surface area contributed by atoms with Crippen molar-refractivity contribution in [1.29, 1.82) is 0 Å². The Hall–Kier alpha value is -2.25. The van der Waals surface area contributed by atoms with Gasteiger partial charge in [-0.1, -0.05) is 35.9 Å². The van der Waals surface area contributed by atoms with Crippen molar-refractivity contribution >= 4 is 33.2 Å². The summed E-state index contributed by atoms with van der Waals surface area (Å²) in [4.78, 5) is 12.1. The van der Waals surface area contributed by atoms with Crippen LogP contribution in [0, 0.1) is 13.8 Å². The minimum atomic E-state index is -3.49. The van der Waals surface area contributed by atoms with E-state index in [1.165, 1.54) is 4.31 Å². The predicted molar refractivity (Wildman–Crippen MR) is 117 cm³/mol. The fourth-order valence-electron chi connectivity index (χ4n) is 2.86. The zero-order chi connectivity index (χ0) is 21.4. The fraction of sp³-hybridized carbons (Fsp3) is 0.381. The fourth-order valence-corrected chi connectivity index (χ4v) is 4.04. The lowest BCUT2D eigenvalue weighted by Crippen LogP contribution is -2.33. The zero-order valence-corrected chi connectivity index (χ0v) is 18.5. The summed E-state index contributed by atoms with van der Waals surface area (Å²) in [5.41, 5.74) is 2.38. The molecule has 0 atom stereocenters. The molecule has 0 aromatic heterocycles. The number of aryl methyl sites for hydroxylation is 2. The van der Waals surface area contributed by atoms with Crippen LogP contribution in [0.4, 0.5) is 5.69 Å². The summed E-state index contributed by atoms with van der Waals surface area (Å²) in [5.74, 6) is 0.650. The maximum absolute atomic E-state index is 12.2. The Labute approximate surface area is 177 Å². The molecule has 0 saturated carbocycles. The molecule has 0 fully saturated rings. The average Bonchev–Trinajstić information content (AvgIpc) is 2.65. The van der Waals surface area contributed by atoms with E-state index in [0.29, 0.717) is 30.3 Å². The van der Waals surface area contributed by atoms with Crippen molar-refractivity contribution < 1.29 is 17.9 Å². The highest BCUT2D eigenvalue weighted by Gasteiger charge is 2.19. The van der Waals surface area contributed by atoms with E-state index in [4.69, 9.17) is 16.3 Å². The number of para-hydroxylation sites is 1. The number of nitrogens with zero attached hydrogens (tertiary/aromatic N) is 1. The molecular weight excluding hydrogens is 412 g/mol. The summed E-state index contributed by atoms with van der Waals surface area (Å²) in [6.07, 6.45) is 1.76. The quantitative estimate of drug-likeness (QED) is 0.574. The molecule has 0 radical (unpaired) electrons. The van der Waals surface area contributed by atoms with Crippen LogP contribution in [0.15, 0.2) is 42.5 Å². The first kappa shape index (κ1) is 23.0. The first-order valence-electron chi connectivity index (χ1n) is 9.37. The lowest BCUT2D eigenvalue weighted by atomic mass is 10.2.